The van der Waals surface area contributed by atoms with E-state index in [1.807, 2.05) is 94.1 Å². The summed E-state index contributed by atoms with van der Waals surface area (Å²) in [5.41, 5.74) is 6.78. The van der Waals surface area contributed by atoms with Gasteiger partial charge < -0.3 is 16.1 Å². The van der Waals surface area contributed by atoms with E-state index in [9.17, 15) is 0 Å². The maximum absolute atomic E-state index is 5.85. The fraction of sp³-hybridized carbons (Fsp3) is 0.171. The smallest absolute Gasteiger partial charge is 0.178 e. The lowest BCUT2D eigenvalue weighted by molar-refractivity contribution is 0.981. The van der Waals surface area contributed by atoms with Gasteiger partial charge in [0, 0.05) is 47.8 Å². The van der Waals surface area contributed by atoms with Crippen LogP contribution in [-0.2, 0) is 6.54 Å². The lowest BCUT2D eigenvalue weighted by Gasteiger charge is -2.25. The first-order chi connectivity index (χ1) is 20.2. The number of terminal acetylenes is 1. The number of aromatic nitrogens is 2. The number of nitrogens with zero attached hydrogens (tertiary/aromatic N) is 4. The van der Waals surface area contributed by atoms with Gasteiger partial charge in [0.25, 0.3) is 0 Å². The number of nitrogens with one attached hydrogen (secondary N) is 1. The van der Waals surface area contributed by atoms with Crippen LogP contribution in [0.5, 0.6) is 0 Å². The lowest BCUT2D eigenvalue weighted by Crippen LogP contribution is -2.33. The molecule has 0 spiro atoms. The van der Waals surface area contributed by atoms with Crippen LogP contribution in [0.4, 0.5) is 17.1 Å². The number of rotatable bonds is 8. The zero-order chi connectivity index (χ0) is 29.9. The minimum Gasteiger partial charge on any atom is -0.355 e. The van der Waals surface area contributed by atoms with Crippen molar-refractivity contribution in [2.24, 2.45) is 10.9 Å². The summed E-state index contributed by atoms with van der Waals surface area (Å²) < 4.78 is 0. The van der Waals surface area contributed by atoms with E-state index in [1.54, 1.807) is 24.7 Å². The van der Waals surface area contributed by atoms with Crippen LogP contribution in [0.3, 0.4) is 0 Å². The topological polar surface area (TPSA) is 79.4 Å². The lowest BCUT2D eigenvalue weighted by atomic mass is 10.0. The van der Waals surface area contributed by atoms with E-state index in [2.05, 4.69) is 62.7 Å². The molecule has 0 atom stereocenters. The van der Waals surface area contributed by atoms with Crippen molar-refractivity contribution in [3.05, 3.63) is 133 Å². The number of pyridine rings is 2. The second-order valence-corrected chi connectivity index (χ2v) is 8.07. The van der Waals surface area contributed by atoms with Gasteiger partial charge in [-0.05, 0) is 72.7 Å². The van der Waals surface area contributed by atoms with Gasteiger partial charge in [0.2, 0.25) is 0 Å². The van der Waals surface area contributed by atoms with Gasteiger partial charge in [-0.2, -0.15) is 5.10 Å². The number of para-hydroxylation sites is 1. The predicted octanol–water partition coefficient (Wildman–Crippen LogP) is 8.19. The molecule has 0 unspecified atom stereocenters. The van der Waals surface area contributed by atoms with Gasteiger partial charge in [0.1, 0.15) is 5.69 Å². The molecule has 4 aromatic rings. The molecule has 41 heavy (non-hydrogen) atoms. The van der Waals surface area contributed by atoms with Crippen molar-refractivity contribution in [2.45, 2.75) is 41.2 Å². The first-order valence-electron chi connectivity index (χ1n) is 13.8. The Morgan fingerprint density at radius 1 is 0.927 bits per heavy atom. The van der Waals surface area contributed by atoms with Crippen molar-refractivity contribution in [1.82, 2.24) is 9.97 Å². The third-order valence-electron chi connectivity index (χ3n) is 5.73. The van der Waals surface area contributed by atoms with Crippen LogP contribution < -0.4 is 16.1 Å². The molecule has 0 saturated carbocycles. The number of amidine groups is 1. The third kappa shape index (κ3) is 9.22. The molecule has 0 aliphatic heterocycles. The first kappa shape index (κ1) is 32.1. The van der Waals surface area contributed by atoms with Crippen LogP contribution in [0.25, 0.3) is 5.57 Å². The van der Waals surface area contributed by atoms with Gasteiger partial charge in [0.05, 0.1) is 0 Å². The Morgan fingerprint density at radius 3 is 2.22 bits per heavy atom. The molecule has 0 bridgehead atoms. The average Bonchev–Trinajstić information content (AvgIpc) is 3.05. The largest absolute Gasteiger partial charge is 0.355 e. The highest BCUT2D eigenvalue weighted by atomic mass is 15.3. The molecule has 4 rings (SSSR count). The first-order valence-corrected chi connectivity index (χ1v) is 13.8. The molecular formula is C35H40N6. The molecule has 6 nitrogen and oxygen atoms in total. The Bertz CT molecular complexity index is 1430. The summed E-state index contributed by atoms with van der Waals surface area (Å²) >= 11 is 0. The molecule has 0 aliphatic rings. The average molecular weight is 545 g/mol. The minimum atomic E-state index is 0.549. The van der Waals surface area contributed by atoms with Crippen molar-refractivity contribution in [3.8, 4) is 12.3 Å². The molecule has 0 amide bonds. The molecule has 2 aromatic heterocycles. The maximum atomic E-state index is 5.85. The Balaban J connectivity index is 0.00000141. The van der Waals surface area contributed by atoms with Crippen molar-refractivity contribution in [2.75, 3.05) is 10.2 Å². The molecule has 0 aliphatic carbocycles. The molecule has 0 saturated heterocycles. The maximum Gasteiger partial charge on any atom is 0.178 e. The number of hydrazone groups is 1. The van der Waals surface area contributed by atoms with Gasteiger partial charge in [-0.25, -0.2) is 0 Å². The Morgan fingerprint density at radius 2 is 1.61 bits per heavy atom. The van der Waals surface area contributed by atoms with Gasteiger partial charge >= 0.3 is 0 Å². The molecule has 6 heteroatoms. The quantitative estimate of drug-likeness (QED) is 0.0584. The molecule has 0 radical (unpaired) electrons. The van der Waals surface area contributed by atoms with Crippen LogP contribution >= 0.6 is 0 Å². The molecule has 0 fully saturated rings. The van der Waals surface area contributed by atoms with E-state index in [0.29, 0.717) is 18.1 Å². The SMILES string of the molecule is C#C/C=C\C(=C/C)c1ccccc1Nc1ccc(CN(/C(=N\N)c2ccccn2)c2ccncc2)cc1.CC.CC. The molecule has 3 N–H and O–H groups in total. The summed E-state index contributed by atoms with van der Waals surface area (Å²) in [5, 5.41) is 7.62. The van der Waals surface area contributed by atoms with Crippen molar-refractivity contribution in [3.63, 3.8) is 0 Å². The normalized spacial score (nSPS) is 10.9. The van der Waals surface area contributed by atoms with E-state index < -0.39 is 0 Å². The number of anilines is 3. The Labute approximate surface area is 245 Å². The molecule has 210 valence electrons. The highest BCUT2D eigenvalue weighted by Gasteiger charge is 2.17. The van der Waals surface area contributed by atoms with Gasteiger partial charge in [-0.15, -0.1) is 6.42 Å². The molecule has 2 aromatic carbocycles. The summed E-state index contributed by atoms with van der Waals surface area (Å²) in [6.45, 7) is 10.5. The van der Waals surface area contributed by atoms with Crippen LogP contribution in [0.1, 0.15) is 51.4 Å². The van der Waals surface area contributed by atoms with Gasteiger partial charge in [-0.3, -0.25) is 9.97 Å². The van der Waals surface area contributed by atoms with E-state index in [1.165, 1.54) is 0 Å². The van der Waals surface area contributed by atoms with Gasteiger partial charge in [0.15, 0.2) is 5.84 Å². The number of allylic oxidation sites excluding steroid dienone is 4. The second kappa shape index (κ2) is 18.2. The minimum absolute atomic E-state index is 0.549. The summed E-state index contributed by atoms with van der Waals surface area (Å²) in [6, 6.07) is 26.0. The van der Waals surface area contributed by atoms with Crippen molar-refractivity contribution < 1.29 is 0 Å². The zero-order valence-corrected chi connectivity index (χ0v) is 24.6. The fourth-order valence-corrected chi connectivity index (χ4v) is 3.94. The predicted molar refractivity (Wildman–Crippen MR) is 176 cm³/mol. The van der Waals surface area contributed by atoms with Crippen molar-refractivity contribution in [1.29, 1.82) is 0 Å². The summed E-state index contributed by atoms with van der Waals surface area (Å²) in [4.78, 5) is 10.6. The second-order valence-electron chi connectivity index (χ2n) is 8.07. The summed E-state index contributed by atoms with van der Waals surface area (Å²) in [6.07, 6.45) is 16.3. The standard InChI is InChI=1S/C31H28N6.2C2H6/c1-3-5-10-25(4-2)28-11-6-7-12-29(28)35-26-16-14-24(15-17-26)23-37(27-18-21-33-22-19-27)31(36-32)30-13-8-9-20-34-30;2*1-2/h1,4-22,35H,23,32H2,2H3;2*1-2H3/b10-5-,25-4+,36-31-;;. The highest BCUT2D eigenvalue weighted by molar-refractivity contribution is 6.08. The number of nitrogens with two attached hydrogens (primary N) is 1. The van der Waals surface area contributed by atoms with Crippen LogP contribution in [0.2, 0.25) is 0 Å². The molecule has 2 heterocycles. The monoisotopic (exact) mass is 544 g/mol. The van der Waals surface area contributed by atoms with Crippen LogP contribution in [0.15, 0.2) is 121 Å². The van der Waals surface area contributed by atoms with Crippen LogP contribution in [0, 0.1) is 12.3 Å². The number of hydrogen-bond acceptors (Lipinski definition) is 5. The van der Waals surface area contributed by atoms with E-state index in [0.717, 1.165) is 33.8 Å². The Kier molecular flexibility index (Phi) is 14.2. The van der Waals surface area contributed by atoms with E-state index in [-0.39, 0.29) is 0 Å². The number of benzene rings is 2. The molecular weight excluding hydrogens is 504 g/mol. The van der Waals surface area contributed by atoms with Crippen molar-refractivity contribution >= 4 is 28.5 Å². The van der Waals surface area contributed by atoms with E-state index >= 15 is 0 Å². The fourth-order valence-electron chi connectivity index (χ4n) is 3.94. The van der Waals surface area contributed by atoms with E-state index in [4.69, 9.17) is 12.3 Å². The third-order valence-corrected chi connectivity index (χ3v) is 5.73. The van der Waals surface area contributed by atoms with Gasteiger partial charge in [-0.1, -0.05) is 76.1 Å². The van der Waals surface area contributed by atoms with Crippen LogP contribution in [-0.4, -0.2) is 15.8 Å². The summed E-state index contributed by atoms with van der Waals surface area (Å²) in [7, 11) is 0. The Hall–Kier alpha value is -5.15. The summed E-state index contributed by atoms with van der Waals surface area (Å²) in [5.74, 6) is 8.98. The zero-order valence-electron chi connectivity index (χ0n) is 24.6. The number of hydrogen-bond donors (Lipinski definition) is 2. The highest BCUT2D eigenvalue weighted by Crippen LogP contribution is 2.28.